The van der Waals surface area contributed by atoms with Crippen LogP contribution in [0.2, 0.25) is 0 Å². The third-order valence-electron chi connectivity index (χ3n) is 5.36. The van der Waals surface area contributed by atoms with Crippen LogP contribution in [0.25, 0.3) is 0 Å². The van der Waals surface area contributed by atoms with Crippen LogP contribution < -0.4 is 5.32 Å². The molecule has 0 spiro atoms. The molecule has 21 heavy (non-hydrogen) atoms. The van der Waals surface area contributed by atoms with E-state index in [1.165, 1.54) is 58.2 Å². The molecule has 1 N–H and O–H groups in total. The van der Waals surface area contributed by atoms with Crippen molar-refractivity contribution in [1.29, 1.82) is 0 Å². The molecule has 124 valence electrons. The zero-order valence-electron chi connectivity index (χ0n) is 14.5. The first-order chi connectivity index (χ1) is 10.2. The van der Waals surface area contributed by atoms with Crippen LogP contribution in [0.15, 0.2) is 0 Å². The Morgan fingerprint density at radius 3 is 2.81 bits per heavy atom. The molecule has 0 bridgehead atoms. The van der Waals surface area contributed by atoms with Gasteiger partial charge in [-0.1, -0.05) is 26.7 Å². The summed E-state index contributed by atoms with van der Waals surface area (Å²) in [6, 6.07) is 0. The molecule has 3 nitrogen and oxygen atoms in total. The van der Waals surface area contributed by atoms with Gasteiger partial charge in [0.1, 0.15) is 0 Å². The normalized spacial score (nSPS) is 35.0. The van der Waals surface area contributed by atoms with E-state index in [9.17, 15) is 0 Å². The van der Waals surface area contributed by atoms with Crippen LogP contribution in [0.3, 0.4) is 0 Å². The fourth-order valence-electron chi connectivity index (χ4n) is 4.52. The Morgan fingerprint density at radius 1 is 1.24 bits per heavy atom. The highest BCUT2D eigenvalue weighted by Crippen LogP contribution is 2.40. The lowest BCUT2D eigenvalue weighted by molar-refractivity contribution is -0.0148. The van der Waals surface area contributed by atoms with Crippen molar-refractivity contribution in [3.05, 3.63) is 0 Å². The lowest BCUT2D eigenvalue weighted by atomic mass is 9.69. The molecule has 2 rings (SSSR count). The molecule has 0 radical (unpaired) electrons. The van der Waals surface area contributed by atoms with Crippen LogP contribution in [0.1, 0.15) is 59.3 Å². The number of ether oxygens (including phenoxy) is 1. The zero-order valence-corrected chi connectivity index (χ0v) is 14.5. The second-order valence-electron chi connectivity index (χ2n) is 7.44. The summed E-state index contributed by atoms with van der Waals surface area (Å²) in [6.45, 7) is 13.6. The molecule has 3 unspecified atom stereocenters. The van der Waals surface area contributed by atoms with Gasteiger partial charge in [0.2, 0.25) is 0 Å². The summed E-state index contributed by atoms with van der Waals surface area (Å²) in [4.78, 5) is 2.69. The maximum absolute atomic E-state index is 5.88. The minimum absolute atomic E-state index is 0.473. The van der Waals surface area contributed by atoms with Gasteiger partial charge >= 0.3 is 0 Å². The zero-order chi connectivity index (χ0) is 15.1. The second-order valence-corrected chi connectivity index (χ2v) is 7.44. The first-order valence-corrected chi connectivity index (χ1v) is 9.22. The van der Waals surface area contributed by atoms with Gasteiger partial charge in [-0.15, -0.1) is 0 Å². The number of nitrogens with one attached hydrogen (secondary N) is 1. The quantitative estimate of drug-likeness (QED) is 0.780. The first-order valence-electron chi connectivity index (χ1n) is 9.22. The third-order valence-corrected chi connectivity index (χ3v) is 5.36. The number of hydrogen-bond acceptors (Lipinski definition) is 3. The van der Waals surface area contributed by atoms with E-state index in [0.717, 1.165) is 25.6 Å². The van der Waals surface area contributed by atoms with E-state index in [0.29, 0.717) is 11.5 Å². The number of likely N-dealkylation sites (tertiary alicyclic amines) is 1. The van der Waals surface area contributed by atoms with Crippen molar-refractivity contribution in [2.24, 2.45) is 11.3 Å². The van der Waals surface area contributed by atoms with Crippen LogP contribution in [0.5, 0.6) is 0 Å². The maximum Gasteiger partial charge on any atom is 0.0702 e. The number of hydrogen-bond donors (Lipinski definition) is 1. The Balaban J connectivity index is 1.93. The topological polar surface area (TPSA) is 24.5 Å². The first kappa shape index (κ1) is 17.2. The molecule has 0 aromatic heterocycles. The molecule has 0 aromatic carbocycles. The largest absolute Gasteiger partial charge is 0.377 e. The SMILES string of the molecule is CCNCC1(CN2CCCC(OCC)C2)CCCC(C)C1. The van der Waals surface area contributed by atoms with Gasteiger partial charge in [-0.25, -0.2) is 0 Å². The minimum Gasteiger partial charge on any atom is -0.377 e. The summed E-state index contributed by atoms with van der Waals surface area (Å²) in [6.07, 6.45) is 8.67. The molecular weight excluding hydrogens is 260 g/mol. The molecule has 1 saturated carbocycles. The summed E-state index contributed by atoms with van der Waals surface area (Å²) in [5.74, 6) is 0.893. The summed E-state index contributed by atoms with van der Waals surface area (Å²) < 4.78 is 5.88. The second kappa shape index (κ2) is 8.50. The highest BCUT2D eigenvalue weighted by Gasteiger charge is 2.37. The standard InChI is InChI=1S/C18H36N2O/c1-4-19-14-18(10-6-8-16(3)12-18)15-20-11-7-9-17(13-20)21-5-2/h16-17,19H,4-15H2,1-3H3. The van der Waals surface area contributed by atoms with Crippen molar-refractivity contribution in [3.8, 4) is 0 Å². The van der Waals surface area contributed by atoms with E-state index >= 15 is 0 Å². The van der Waals surface area contributed by atoms with Crippen molar-refractivity contribution >= 4 is 0 Å². The van der Waals surface area contributed by atoms with E-state index in [1.807, 2.05) is 0 Å². The fraction of sp³-hybridized carbons (Fsp3) is 1.00. The van der Waals surface area contributed by atoms with Gasteiger partial charge in [-0.3, -0.25) is 0 Å². The maximum atomic E-state index is 5.88. The molecule has 1 saturated heterocycles. The van der Waals surface area contributed by atoms with Gasteiger partial charge < -0.3 is 15.0 Å². The van der Waals surface area contributed by atoms with Gasteiger partial charge in [-0.05, 0) is 57.0 Å². The van der Waals surface area contributed by atoms with E-state index in [-0.39, 0.29) is 0 Å². The lowest BCUT2D eigenvalue weighted by Gasteiger charge is -2.45. The molecule has 3 heteroatoms. The highest BCUT2D eigenvalue weighted by molar-refractivity contribution is 4.91. The van der Waals surface area contributed by atoms with Crippen LogP contribution in [-0.4, -0.2) is 50.3 Å². The van der Waals surface area contributed by atoms with Crippen LogP contribution in [0, 0.1) is 11.3 Å². The number of rotatable bonds is 7. The van der Waals surface area contributed by atoms with E-state index in [1.54, 1.807) is 0 Å². The Morgan fingerprint density at radius 2 is 2.10 bits per heavy atom. The summed E-state index contributed by atoms with van der Waals surface area (Å²) in [5, 5.41) is 3.65. The number of nitrogens with zero attached hydrogens (tertiary/aromatic N) is 1. The van der Waals surface area contributed by atoms with E-state index in [2.05, 4.69) is 31.0 Å². The molecule has 1 heterocycles. The van der Waals surface area contributed by atoms with Crippen molar-refractivity contribution < 1.29 is 4.74 Å². The van der Waals surface area contributed by atoms with E-state index < -0.39 is 0 Å². The van der Waals surface area contributed by atoms with Crippen LogP contribution in [0.4, 0.5) is 0 Å². The van der Waals surface area contributed by atoms with Crippen LogP contribution in [-0.2, 0) is 4.74 Å². The Bertz CT molecular complexity index is 295. The van der Waals surface area contributed by atoms with Crippen molar-refractivity contribution in [2.75, 3.05) is 39.3 Å². The average molecular weight is 296 g/mol. The molecule has 1 aliphatic carbocycles. The molecule has 0 amide bonds. The van der Waals surface area contributed by atoms with Gasteiger partial charge in [0.15, 0.2) is 0 Å². The van der Waals surface area contributed by atoms with Crippen molar-refractivity contribution in [1.82, 2.24) is 10.2 Å². The van der Waals surface area contributed by atoms with Gasteiger partial charge in [-0.2, -0.15) is 0 Å². The molecule has 1 aliphatic heterocycles. The van der Waals surface area contributed by atoms with Gasteiger partial charge in [0, 0.05) is 26.2 Å². The third kappa shape index (κ3) is 5.22. The predicted octanol–water partition coefficient (Wildman–Crippen LogP) is 3.29. The summed E-state index contributed by atoms with van der Waals surface area (Å²) in [7, 11) is 0. The van der Waals surface area contributed by atoms with E-state index in [4.69, 9.17) is 4.74 Å². The smallest absolute Gasteiger partial charge is 0.0702 e. The summed E-state index contributed by atoms with van der Waals surface area (Å²) in [5.41, 5.74) is 0.502. The molecule has 0 aromatic rings. The molecule has 2 fully saturated rings. The predicted molar refractivity (Wildman–Crippen MR) is 89.7 cm³/mol. The Kier molecular flexibility index (Phi) is 6.97. The summed E-state index contributed by atoms with van der Waals surface area (Å²) >= 11 is 0. The van der Waals surface area contributed by atoms with Crippen molar-refractivity contribution in [2.45, 2.75) is 65.4 Å². The lowest BCUT2D eigenvalue weighted by Crippen LogP contribution is -2.50. The molecular formula is C18H36N2O. The van der Waals surface area contributed by atoms with Crippen LogP contribution >= 0.6 is 0 Å². The fourth-order valence-corrected chi connectivity index (χ4v) is 4.52. The van der Waals surface area contributed by atoms with Gasteiger partial charge in [0.05, 0.1) is 6.10 Å². The van der Waals surface area contributed by atoms with Gasteiger partial charge in [0.25, 0.3) is 0 Å². The molecule has 2 aliphatic rings. The Labute approximate surface area is 131 Å². The average Bonchev–Trinajstić information content (AvgIpc) is 2.46. The van der Waals surface area contributed by atoms with Crippen molar-refractivity contribution in [3.63, 3.8) is 0 Å². The Hall–Kier alpha value is -0.120. The monoisotopic (exact) mass is 296 g/mol. The minimum atomic E-state index is 0.473. The molecule has 3 atom stereocenters. The number of piperidine rings is 1. The highest BCUT2D eigenvalue weighted by atomic mass is 16.5.